The molecule has 14 heteroatoms. The van der Waals surface area contributed by atoms with Gasteiger partial charge in [-0.15, -0.1) is 45.3 Å². The summed E-state index contributed by atoms with van der Waals surface area (Å²) in [5.74, 6) is -20.2. The van der Waals surface area contributed by atoms with Crippen molar-refractivity contribution in [1.82, 2.24) is 0 Å². The third-order valence-electron chi connectivity index (χ3n) is 7.32. The molecule has 0 spiro atoms. The van der Waals surface area contributed by atoms with Gasteiger partial charge in [-0.3, -0.25) is 0 Å². The Kier molecular flexibility index (Phi) is 5.94. The van der Waals surface area contributed by atoms with E-state index in [0.29, 0.717) is 29.6 Å². The van der Waals surface area contributed by atoms with Crippen molar-refractivity contribution in [2.45, 2.75) is 0 Å². The van der Waals surface area contributed by atoms with Gasteiger partial charge in [-0.1, -0.05) is 24.3 Å². The first-order chi connectivity index (χ1) is 21.0. The second kappa shape index (κ2) is 9.39. The molecule has 0 saturated carbocycles. The quantitative estimate of drug-likeness (QED) is 0.0966. The van der Waals surface area contributed by atoms with Gasteiger partial charge in [-0.25, -0.2) is 43.9 Å². The maximum absolute atomic E-state index is 14.5. The van der Waals surface area contributed by atoms with Crippen LogP contribution in [0.1, 0.15) is 0 Å². The molecule has 0 unspecified atom stereocenters. The Morgan fingerprint density at radius 1 is 0.318 bits per heavy atom. The van der Waals surface area contributed by atoms with Gasteiger partial charge in [0.2, 0.25) is 11.6 Å². The van der Waals surface area contributed by atoms with Crippen LogP contribution in [0.2, 0.25) is 0 Å². The van der Waals surface area contributed by atoms with Crippen LogP contribution in [0.15, 0.2) is 36.4 Å². The zero-order valence-corrected chi connectivity index (χ0v) is 24.1. The van der Waals surface area contributed by atoms with Crippen LogP contribution in [0.5, 0.6) is 0 Å². The topological polar surface area (TPSA) is 0 Å². The SMILES string of the molecule is Fc1c(F)c(F)c(-c2cc3sc4c5ccc6c7sc(-c8c(F)c(F)c(F)c(F)c8F)cc7sc6c5ccc4c3s2)c(F)c1F. The highest BCUT2D eigenvalue weighted by atomic mass is 32.1. The normalized spacial score (nSPS) is 12.3. The fourth-order valence-electron chi connectivity index (χ4n) is 5.31. The van der Waals surface area contributed by atoms with Gasteiger partial charge in [-0.05, 0) is 12.1 Å². The number of benzene rings is 4. The Morgan fingerprint density at radius 3 is 0.955 bits per heavy atom. The van der Waals surface area contributed by atoms with Gasteiger partial charge in [0.15, 0.2) is 46.5 Å². The molecule has 0 aliphatic carbocycles. The highest BCUT2D eigenvalue weighted by molar-refractivity contribution is 7.35. The fraction of sp³-hybridized carbons (Fsp3) is 0. The van der Waals surface area contributed by atoms with Crippen molar-refractivity contribution in [1.29, 1.82) is 0 Å². The Bertz CT molecular complexity index is 2330. The van der Waals surface area contributed by atoms with Crippen LogP contribution in [-0.2, 0) is 0 Å². The number of fused-ring (bicyclic) bond motifs is 9. The molecule has 0 saturated heterocycles. The van der Waals surface area contributed by atoms with Gasteiger partial charge in [-0.2, -0.15) is 0 Å². The third-order valence-corrected chi connectivity index (χ3v) is 12.3. The first-order valence-corrected chi connectivity index (χ1v) is 15.5. The summed E-state index contributed by atoms with van der Waals surface area (Å²) in [5.41, 5.74) is -1.98. The molecule has 220 valence electrons. The highest BCUT2D eigenvalue weighted by Gasteiger charge is 2.30. The van der Waals surface area contributed by atoms with E-state index < -0.39 is 69.3 Å². The summed E-state index contributed by atoms with van der Waals surface area (Å²) in [4.78, 5) is -0.223. The van der Waals surface area contributed by atoms with E-state index in [1.165, 1.54) is 34.8 Å². The van der Waals surface area contributed by atoms with Crippen molar-refractivity contribution < 1.29 is 43.9 Å². The van der Waals surface area contributed by atoms with E-state index in [1.54, 1.807) is 12.1 Å². The van der Waals surface area contributed by atoms with Crippen LogP contribution in [-0.4, -0.2) is 0 Å². The molecule has 0 amide bonds. The largest absolute Gasteiger partial charge is 0.203 e. The Morgan fingerprint density at radius 2 is 0.614 bits per heavy atom. The minimum atomic E-state index is -2.23. The van der Waals surface area contributed by atoms with Gasteiger partial charge in [0.1, 0.15) is 0 Å². The number of hydrogen-bond acceptors (Lipinski definition) is 4. The lowest BCUT2D eigenvalue weighted by Gasteiger charge is -2.06. The lowest BCUT2D eigenvalue weighted by atomic mass is 10.1. The van der Waals surface area contributed by atoms with Crippen LogP contribution in [0.4, 0.5) is 43.9 Å². The van der Waals surface area contributed by atoms with Crippen LogP contribution in [0, 0.1) is 58.2 Å². The average Bonchev–Trinajstić information content (AvgIpc) is 3.76. The van der Waals surface area contributed by atoms with Crippen molar-refractivity contribution in [2.24, 2.45) is 0 Å². The monoisotopic (exact) mass is 684 g/mol. The highest BCUT2D eigenvalue weighted by Crippen LogP contribution is 2.50. The minimum Gasteiger partial charge on any atom is -0.203 e. The molecule has 4 aromatic carbocycles. The van der Waals surface area contributed by atoms with Crippen LogP contribution in [0.25, 0.3) is 70.6 Å². The van der Waals surface area contributed by atoms with Crippen molar-refractivity contribution in [3.63, 3.8) is 0 Å². The fourth-order valence-corrected chi connectivity index (χ4v) is 10.7. The molecule has 0 radical (unpaired) electrons. The van der Waals surface area contributed by atoms with Gasteiger partial charge in [0.05, 0.1) is 20.5 Å². The predicted octanol–water partition coefficient (Wildman–Crippen LogP) is 12.4. The van der Waals surface area contributed by atoms with Crippen LogP contribution >= 0.6 is 45.3 Å². The van der Waals surface area contributed by atoms with Crippen molar-refractivity contribution in [3.05, 3.63) is 94.6 Å². The molecule has 0 N–H and O–H groups in total. The summed E-state index contributed by atoms with van der Waals surface area (Å²) in [6.07, 6.45) is 0. The summed E-state index contributed by atoms with van der Waals surface area (Å²) < 4.78 is 144. The molecule has 0 aliphatic heterocycles. The van der Waals surface area contributed by atoms with E-state index in [2.05, 4.69) is 0 Å². The number of rotatable bonds is 2. The molecule has 0 fully saturated rings. The molecular formula is C30H6F10S4. The maximum Gasteiger partial charge on any atom is 0.200 e. The van der Waals surface area contributed by atoms with Gasteiger partial charge < -0.3 is 0 Å². The summed E-state index contributed by atoms with van der Waals surface area (Å²) in [6, 6.07) is 9.96. The van der Waals surface area contributed by atoms with E-state index in [4.69, 9.17) is 0 Å². The zero-order chi connectivity index (χ0) is 30.9. The predicted molar refractivity (Wildman–Crippen MR) is 156 cm³/mol. The maximum atomic E-state index is 14.5. The average molecular weight is 685 g/mol. The van der Waals surface area contributed by atoms with Crippen LogP contribution < -0.4 is 0 Å². The third kappa shape index (κ3) is 3.56. The molecule has 0 nitrogen and oxygen atoms in total. The molecule has 8 aromatic rings. The van der Waals surface area contributed by atoms with Crippen LogP contribution in [0.3, 0.4) is 0 Å². The van der Waals surface area contributed by atoms with E-state index in [-0.39, 0.29) is 9.75 Å². The number of hydrogen-bond donors (Lipinski definition) is 0. The Labute approximate surface area is 253 Å². The molecule has 8 rings (SSSR count). The zero-order valence-electron chi connectivity index (χ0n) is 20.9. The molecule has 0 bridgehead atoms. The van der Waals surface area contributed by atoms with E-state index >= 15 is 0 Å². The van der Waals surface area contributed by atoms with Gasteiger partial charge >= 0.3 is 0 Å². The summed E-state index contributed by atoms with van der Waals surface area (Å²) in [7, 11) is 0. The molecule has 0 aliphatic rings. The van der Waals surface area contributed by atoms with Gasteiger partial charge in [0, 0.05) is 50.1 Å². The first-order valence-electron chi connectivity index (χ1n) is 12.2. The summed E-state index contributed by atoms with van der Waals surface area (Å²) in [6.45, 7) is 0. The van der Waals surface area contributed by atoms with Gasteiger partial charge in [0.25, 0.3) is 0 Å². The lowest BCUT2D eigenvalue weighted by molar-refractivity contribution is 0.381. The second-order valence-corrected chi connectivity index (χ2v) is 13.9. The second-order valence-electron chi connectivity index (χ2n) is 9.68. The molecule has 0 atom stereocenters. The Balaban J connectivity index is 1.29. The van der Waals surface area contributed by atoms with Crippen molar-refractivity contribution in [3.8, 4) is 20.9 Å². The van der Waals surface area contributed by atoms with E-state index in [0.717, 1.165) is 42.8 Å². The van der Waals surface area contributed by atoms with E-state index in [1.807, 2.05) is 12.1 Å². The Hall–Kier alpha value is -3.72. The lowest BCUT2D eigenvalue weighted by Crippen LogP contribution is -2.03. The summed E-state index contributed by atoms with van der Waals surface area (Å²) in [5, 5.41) is 3.05. The number of thiophene rings is 4. The van der Waals surface area contributed by atoms with Crippen molar-refractivity contribution >= 4 is 95.1 Å². The molecule has 44 heavy (non-hydrogen) atoms. The summed E-state index contributed by atoms with van der Waals surface area (Å²) >= 11 is 4.36. The first kappa shape index (κ1) is 27.8. The number of halogens is 10. The molecular weight excluding hydrogens is 679 g/mol. The smallest absolute Gasteiger partial charge is 0.200 e. The standard InChI is InChI=1S/C30H6F10S4/c31-17-15(18(32)22(36)25(39)21(17)35)11-5-13-29(41-11)9-3-1-7-8(28(9)44-13)2-4-10-27(7)43-14-6-12(42-30(10)14)16-19(33)23(37)26(40)24(38)20(16)34/h1-6H. The molecule has 4 aromatic heterocycles. The van der Waals surface area contributed by atoms with E-state index in [9.17, 15) is 43.9 Å². The molecule has 4 heterocycles. The minimum absolute atomic E-state index is 0.111. The van der Waals surface area contributed by atoms with Crippen molar-refractivity contribution in [2.75, 3.05) is 0 Å².